The predicted octanol–water partition coefficient (Wildman–Crippen LogP) is 1.97. The number of hydrogen-bond donors (Lipinski definition) is 1. The second-order valence-corrected chi connectivity index (χ2v) is 6.07. The second kappa shape index (κ2) is 5.40. The Kier molecular flexibility index (Phi) is 3.61. The Morgan fingerprint density at radius 2 is 2.25 bits per heavy atom. The zero-order valence-electron chi connectivity index (χ0n) is 12.3. The minimum atomic E-state index is 0.628. The van der Waals surface area contributed by atoms with Crippen molar-refractivity contribution in [2.75, 3.05) is 18.8 Å². The van der Waals surface area contributed by atoms with Crippen LogP contribution in [-0.4, -0.2) is 38.6 Å². The van der Waals surface area contributed by atoms with E-state index in [9.17, 15) is 0 Å². The molecule has 1 aliphatic rings. The largest absolute Gasteiger partial charge is 0.396 e. The number of nitrogens with two attached hydrogens (primary N) is 1. The monoisotopic (exact) mass is 273 g/mol. The van der Waals surface area contributed by atoms with E-state index in [-0.39, 0.29) is 0 Å². The Morgan fingerprint density at radius 1 is 1.40 bits per heavy atom. The summed E-state index contributed by atoms with van der Waals surface area (Å²) in [4.78, 5) is 2.56. The van der Waals surface area contributed by atoms with Crippen LogP contribution in [0.15, 0.2) is 18.3 Å². The topological polar surface area (TPSA) is 59.5 Å². The molecule has 20 heavy (non-hydrogen) atoms. The summed E-state index contributed by atoms with van der Waals surface area (Å²) in [6.07, 6.45) is 5.54. The van der Waals surface area contributed by atoms with Gasteiger partial charge in [-0.2, -0.15) is 0 Å². The molecule has 2 N–H and O–H groups in total. The molecule has 1 fully saturated rings. The maximum absolute atomic E-state index is 5.93. The number of hydrogen-bond acceptors (Lipinski definition) is 4. The molecule has 0 aromatic carbocycles. The molecule has 1 aliphatic heterocycles. The van der Waals surface area contributed by atoms with Crippen LogP contribution in [0.4, 0.5) is 5.69 Å². The minimum absolute atomic E-state index is 0.628. The van der Waals surface area contributed by atoms with Crippen molar-refractivity contribution in [1.82, 2.24) is 19.5 Å². The van der Waals surface area contributed by atoms with Crippen LogP contribution in [0, 0.1) is 5.92 Å². The van der Waals surface area contributed by atoms with Gasteiger partial charge in [0.25, 0.3) is 0 Å². The summed E-state index contributed by atoms with van der Waals surface area (Å²) in [7, 11) is 0. The normalized spacial score (nSPS) is 20.9. The molecule has 1 saturated heterocycles. The highest BCUT2D eigenvalue weighted by molar-refractivity contribution is 5.63. The second-order valence-electron chi connectivity index (χ2n) is 6.07. The molecule has 3 heterocycles. The Labute approximate surface area is 119 Å². The lowest BCUT2D eigenvalue weighted by Gasteiger charge is -2.35. The van der Waals surface area contributed by atoms with Gasteiger partial charge >= 0.3 is 0 Å². The molecule has 1 unspecified atom stereocenters. The van der Waals surface area contributed by atoms with Gasteiger partial charge in [0, 0.05) is 25.2 Å². The molecular weight excluding hydrogens is 250 g/mol. The average Bonchev–Trinajstić information content (AvgIpc) is 2.84. The molecule has 1 atom stereocenters. The molecule has 0 saturated carbocycles. The lowest BCUT2D eigenvalue weighted by molar-refractivity contribution is 0.138. The number of anilines is 1. The summed E-state index contributed by atoms with van der Waals surface area (Å²) in [5, 5.41) is 8.55. The average molecular weight is 273 g/mol. The van der Waals surface area contributed by atoms with Crippen molar-refractivity contribution in [2.24, 2.45) is 5.92 Å². The highest BCUT2D eigenvalue weighted by atomic mass is 15.3. The summed E-state index contributed by atoms with van der Waals surface area (Å²) in [5.41, 5.74) is 7.40. The van der Waals surface area contributed by atoms with Crippen molar-refractivity contribution in [1.29, 1.82) is 0 Å². The number of likely N-dealkylation sites (tertiary alicyclic amines) is 1. The van der Waals surface area contributed by atoms with Crippen LogP contribution >= 0.6 is 0 Å². The summed E-state index contributed by atoms with van der Waals surface area (Å²) >= 11 is 0. The van der Waals surface area contributed by atoms with Crippen LogP contribution < -0.4 is 5.73 Å². The number of aromatic nitrogens is 3. The highest BCUT2D eigenvalue weighted by Gasteiger charge is 2.23. The van der Waals surface area contributed by atoms with Crippen molar-refractivity contribution in [2.45, 2.75) is 39.2 Å². The van der Waals surface area contributed by atoms with Crippen molar-refractivity contribution in [3.8, 4) is 0 Å². The number of rotatable bonds is 3. The van der Waals surface area contributed by atoms with Crippen molar-refractivity contribution in [3.63, 3.8) is 0 Å². The number of fused-ring (bicyclic) bond motifs is 1. The van der Waals surface area contributed by atoms with Crippen LogP contribution in [0.25, 0.3) is 5.65 Å². The van der Waals surface area contributed by atoms with E-state index in [1.54, 1.807) is 0 Å². The van der Waals surface area contributed by atoms with E-state index < -0.39 is 0 Å². The van der Waals surface area contributed by atoms with E-state index in [1.165, 1.54) is 19.4 Å². The Morgan fingerprint density at radius 3 is 3.05 bits per heavy atom. The van der Waals surface area contributed by atoms with E-state index in [1.807, 2.05) is 22.7 Å². The molecule has 5 nitrogen and oxygen atoms in total. The van der Waals surface area contributed by atoms with Crippen LogP contribution in [0.3, 0.4) is 0 Å². The van der Waals surface area contributed by atoms with Crippen molar-refractivity contribution in [3.05, 3.63) is 24.2 Å². The number of nitrogen functional groups attached to an aromatic ring is 1. The first-order valence-electron chi connectivity index (χ1n) is 7.47. The van der Waals surface area contributed by atoms with Crippen molar-refractivity contribution >= 4 is 11.3 Å². The van der Waals surface area contributed by atoms with E-state index >= 15 is 0 Å². The van der Waals surface area contributed by atoms with Crippen LogP contribution in [0.2, 0.25) is 0 Å². The van der Waals surface area contributed by atoms with Gasteiger partial charge in [-0.05, 0) is 51.3 Å². The Balaban J connectivity index is 1.78. The lowest BCUT2D eigenvalue weighted by atomic mass is 9.93. The third kappa shape index (κ3) is 2.50. The fourth-order valence-electron chi connectivity index (χ4n) is 3.11. The van der Waals surface area contributed by atoms with E-state index in [0.29, 0.717) is 17.6 Å². The molecule has 0 bridgehead atoms. The van der Waals surface area contributed by atoms with Gasteiger partial charge in [-0.15, -0.1) is 10.2 Å². The SMILES string of the molecule is CC(C)N1CCCC(Cc2nnc3c(N)cccn23)C1. The Bertz CT molecular complexity index is 589. The van der Waals surface area contributed by atoms with Gasteiger partial charge in [0.15, 0.2) is 5.65 Å². The molecule has 108 valence electrons. The maximum Gasteiger partial charge on any atom is 0.183 e. The summed E-state index contributed by atoms with van der Waals surface area (Å²) < 4.78 is 2.03. The maximum atomic E-state index is 5.93. The fraction of sp³-hybridized carbons (Fsp3) is 0.600. The van der Waals surface area contributed by atoms with Gasteiger partial charge in [0.1, 0.15) is 5.82 Å². The van der Waals surface area contributed by atoms with E-state index in [4.69, 9.17) is 5.73 Å². The number of piperidine rings is 1. The first-order valence-corrected chi connectivity index (χ1v) is 7.47. The van der Waals surface area contributed by atoms with Gasteiger partial charge in [-0.3, -0.25) is 4.40 Å². The molecule has 0 spiro atoms. The standard InChI is InChI=1S/C15H23N5/c1-11(2)19-7-3-5-12(10-19)9-14-17-18-15-13(16)6-4-8-20(14)15/h4,6,8,11-12H,3,5,7,9-10,16H2,1-2H3. The molecule has 0 aliphatic carbocycles. The van der Waals surface area contributed by atoms with Gasteiger partial charge < -0.3 is 10.6 Å². The quantitative estimate of drug-likeness (QED) is 0.929. The highest BCUT2D eigenvalue weighted by Crippen LogP contribution is 2.22. The molecule has 5 heteroatoms. The summed E-state index contributed by atoms with van der Waals surface area (Å²) in [6.45, 7) is 6.93. The number of pyridine rings is 1. The third-order valence-electron chi connectivity index (χ3n) is 4.29. The Hall–Kier alpha value is -1.62. The van der Waals surface area contributed by atoms with E-state index in [0.717, 1.165) is 24.4 Å². The van der Waals surface area contributed by atoms with Crippen LogP contribution in [0.5, 0.6) is 0 Å². The molecule has 0 amide bonds. The number of nitrogens with zero attached hydrogens (tertiary/aromatic N) is 4. The van der Waals surface area contributed by atoms with E-state index in [2.05, 4.69) is 28.9 Å². The molecule has 2 aromatic rings. The minimum Gasteiger partial charge on any atom is -0.396 e. The smallest absolute Gasteiger partial charge is 0.183 e. The molecule has 0 radical (unpaired) electrons. The molecule has 2 aromatic heterocycles. The third-order valence-corrected chi connectivity index (χ3v) is 4.29. The fourth-order valence-corrected chi connectivity index (χ4v) is 3.11. The van der Waals surface area contributed by atoms with Gasteiger partial charge in [-0.1, -0.05) is 0 Å². The van der Waals surface area contributed by atoms with Gasteiger partial charge in [0.05, 0.1) is 5.69 Å². The van der Waals surface area contributed by atoms with Gasteiger partial charge in [0.2, 0.25) is 0 Å². The summed E-state index contributed by atoms with van der Waals surface area (Å²) in [6, 6.07) is 4.45. The predicted molar refractivity (Wildman–Crippen MR) is 80.5 cm³/mol. The first kappa shape index (κ1) is 13.4. The van der Waals surface area contributed by atoms with Crippen molar-refractivity contribution < 1.29 is 0 Å². The van der Waals surface area contributed by atoms with Crippen LogP contribution in [-0.2, 0) is 6.42 Å². The molecular formula is C15H23N5. The zero-order valence-corrected chi connectivity index (χ0v) is 12.3. The van der Waals surface area contributed by atoms with Gasteiger partial charge in [-0.25, -0.2) is 0 Å². The molecule has 3 rings (SSSR count). The van der Waals surface area contributed by atoms with Crippen LogP contribution in [0.1, 0.15) is 32.5 Å². The lowest BCUT2D eigenvalue weighted by Crippen LogP contribution is -2.40. The zero-order chi connectivity index (χ0) is 14.1. The first-order chi connectivity index (χ1) is 9.65. The summed E-state index contributed by atoms with van der Waals surface area (Å²) in [5.74, 6) is 1.70.